The van der Waals surface area contributed by atoms with Crippen LogP contribution in [-0.4, -0.2) is 43.0 Å². The van der Waals surface area contributed by atoms with E-state index >= 15 is 0 Å². The third-order valence-corrected chi connectivity index (χ3v) is 3.93. The summed E-state index contributed by atoms with van der Waals surface area (Å²) in [6.45, 7) is 4.24. The van der Waals surface area contributed by atoms with Crippen molar-refractivity contribution in [3.63, 3.8) is 0 Å². The first-order valence-corrected chi connectivity index (χ1v) is 8.42. The second-order valence-electron chi connectivity index (χ2n) is 6.19. The molecule has 0 unspecified atom stereocenters. The number of likely N-dealkylation sites (N-methyl/N-ethyl adjacent to an activating group) is 1. The highest BCUT2D eigenvalue weighted by Crippen LogP contribution is 2.12. The van der Waals surface area contributed by atoms with E-state index in [0.29, 0.717) is 13.1 Å². The lowest BCUT2D eigenvalue weighted by Crippen LogP contribution is -2.39. The number of carbonyl (C=O) groups is 1. The zero-order valence-corrected chi connectivity index (χ0v) is 14.8. The van der Waals surface area contributed by atoms with Gasteiger partial charge in [-0.3, -0.25) is 0 Å². The van der Waals surface area contributed by atoms with Crippen LogP contribution >= 0.6 is 0 Å². The maximum atomic E-state index is 12.7. The van der Waals surface area contributed by atoms with Crippen molar-refractivity contribution in [1.82, 2.24) is 9.80 Å². The molecule has 0 radical (unpaired) electrons. The Morgan fingerprint density at radius 2 is 1.58 bits per heavy atom. The van der Waals surface area contributed by atoms with Gasteiger partial charge in [-0.15, -0.1) is 0 Å². The van der Waals surface area contributed by atoms with E-state index in [4.69, 9.17) is 0 Å². The van der Waals surface area contributed by atoms with Crippen molar-refractivity contribution in [2.24, 2.45) is 0 Å². The summed E-state index contributed by atoms with van der Waals surface area (Å²) in [5.41, 5.74) is 3.23. The molecule has 2 amide bonds. The fourth-order valence-corrected chi connectivity index (χ4v) is 2.40. The predicted molar refractivity (Wildman–Crippen MR) is 100 cm³/mol. The van der Waals surface area contributed by atoms with Gasteiger partial charge in [0.2, 0.25) is 0 Å². The topological polar surface area (TPSA) is 35.6 Å². The van der Waals surface area contributed by atoms with Gasteiger partial charge in [-0.25, -0.2) is 4.79 Å². The lowest BCUT2D eigenvalue weighted by Gasteiger charge is -2.25. The van der Waals surface area contributed by atoms with Crippen molar-refractivity contribution in [3.8, 4) is 0 Å². The third-order valence-electron chi connectivity index (χ3n) is 3.93. The van der Waals surface area contributed by atoms with Crippen LogP contribution < -0.4 is 5.32 Å². The number of carbonyl (C=O) groups excluding carboxylic acids is 1. The maximum Gasteiger partial charge on any atom is 0.322 e. The van der Waals surface area contributed by atoms with Gasteiger partial charge < -0.3 is 15.1 Å². The summed E-state index contributed by atoms with van der Waals surface area (Å²) in [6.07, 6.45) is 0.997. The first kappa shape index (κ1) is 18.0. The van der Waals surface area contributed by atoms with Crippen molar-refractivity contribution in [2.45, 2.75) is 19.9 Å². The molecule has 0 atom stereocenters. The van der Waals surface area contributed by atoms with Crippen molar-refractivity contribution < 1.29 is 4.79 Å². The highest BCUT2D eigenvalue weighted by Gasteiger charge is 2.14. The van der Waals surface area contributed by atoms with Crippen LogP contribution in [0.1, 0.15) is 18.1 Å². The predicted octanol–water partition coefficient (Wildman–Crippen LogP) is 3.84. The van der Waals surface area contributed by atoms with Gasteiger partial charge in [0.1, 0.15) is 0 Å². The molecule has 128 valence electrons. The normalized spacial score (nSPS) is 10.7. The number of rotatable bonds is 7. The van der Waals surface area contributed by atoms with Crippen molar-refractivity contribution in [1.29, 1.82) is 0 Å². The minimum Gasteiger partial charge on any atom is -0.319 e. The minimum atomic E-state index is -0.0649. The van der Waals surface area contributed by atoms with E-state index in [2.05, 4.69) is 29.3 Å². The molecule has 0 aliphatic carbocycles. The summed E-state index contributed by atoms with van der Waals surface area (Å²) in [5, 5.41) is 3.01. The molecule has 0 aliphatic rings. The molecule has 0 bridgehead atoms. The van der Waals surface area contributed by atoms with Gasteiger partial charge in [0.25, 0.3) is 0 Å². The molecule has 0 fully saturated rings. The van der Waals surface area contributed by atoms with Gasteiger partial charge >= 0.3 is 6.03 Å². The minimum absolute atomic E-state index is 0.0649. The molecule has 2 aromatic carbocycles. The van der Waals surface area contributed by atoms with Crippen LogP contribution in [0.4, 0.5) is 10.5 Å². The van der Waals surface area contributed by atoms with Gasteiger partial charge in [-0.05, 0) is 43.8 Å². The molecule has 0 heterocycles. The standard InChI is InChI=1S/C20H27N3O/c1-4-17-10-12-19(13-11-17)21-20(24)23(15-14-22(2)3)16-18-8-6-5-7-9-18/h5-13H,4,14-16H2,1-3H3,(H,21,24). The molecule has 0 spiro atoms. The highest BCUT2D eigenvalue weighted by molar-refractivity contribution is 5.89. The molecule has 0 aromatic heterocycles. The monoisotopic (exact) mass is 325 g/mol. The van der Waals surface area contributed by atoms with Crippen molar-refractivity contribution >= 4 is 11.7 Å². The first-order valence-electron chi connectivity index (χ1n) is 8.42. The smallest absolute Gasteiger partial charge is 0.319 e. The molecule has 2 rings (SSSR count). The zero-order valence-electron chi connectivity index (χ0n) is 14.8. The number of aryl methyl sites for hydroxylation is 1. The van der Waals surface area contributed by atoms with Crippen LogP contribution in [0.2, 0.25) is 0 Å². The van der Waals surface area contributed by atoms with Gasteiger partial charge in [-0.1, -0.05) is 49.4 Å². The Morgan fingerprint density at radius 3 is 2.17 bits per heavy atom. The summed E-state index contributed by atoms with van der Waals surface area (Å²) >= 11 is 0. The molecular formula is C20H27N3O. The maximum absolute atomic E-state index is 12.7. The first-order chi connectivity index (χ1) is 11.6. The number of urea groups is 1. The number of benzene rings is 2. The van der Waals surface area contributed by atoms with Gasteiger partial charge in [-0.2, -0.15) is 0 Å². The van der Waals surface area contributed by atoms with E-state index < -0.39 is 0 Å². The zero-order chi connectivity index (χ0) is 17.4. The Hall–Kier alpha value is -2.33. The fraction of sp³-hybridized carbons (Fsp3) is 0.350. The van der Waals surface area contributed by atoms with Crippen LogP contribution in [0.5, 0.6) is 0 Å². The van der Waals surface area contributed by atoms with Gasteiger partial charge in [0, 0.05) is 25.3 Å². The number of amides is 2. The van der Waals surface area contributed by atoms with Crippen LogP contribution in [0.25, 0.3) is 0 Å². The highest BCUT2D eigenvalue weighted by atomic mass is 16.2. The number of hydrogen-bond donors (Lipinski definition) is 1. The van der Waals surface area contributed by atoms with Crippen LogP contribution in [-0.2, 0) is 13.0 Å². The van der Waals surface area contributed by atoms with Crippen molar-refractivity contribution in [3.05, 3.63) is 65.7 Å². The molecule has 0 saturated carbocycles. The van der Waals surface area contributed by atoms with E-state index in [1.807, 2.05) is 61.5 Å². The average molecular weight is 325 g/mol. The summed E-state index contributed by atoms with van der Waals surface area (Å²) in [4.78, 5) is 16.6. The average Bonchev–Trinajstić information content (AvgIpc) is 2.60. The van der Waals surface area contributed by atoms with E-state index in [9.17, 15) is 4.79 Å². The van der Waals surface area contributed by atoms with Crippen LogP contribution in [0.3, 0.4) is 0 Å². The second kappa shape index (κ2) is 9.08. The Balaban J connectivity index is 2.04. The largest absolute Gasteiger partial charge is 0.322 e. The van der Waals surface area contributed by atoms with Gasteiger partial charge in [0.15, 0.2) is 0 Å². The molecular weight excluding hydrogens is 298 g/mol. The number of hydrogen-bond acceptors (Lipinski definition) is 2. The summed E-state index contributed by atoms with van der Waals surface area (Å²) in [5.74, 6) is 0. The molecule has 4 nitrogen and oxygen atoms in total. The summed E-state index contributed by atoms with van der Waals surface area (Å²) in [6, 6.07) is 18.0. The van der Waals surface area contributed by atoms with E-state index in [-0.39, 0.29) is 6.03 Å². The van der Waals surface area contributed by atoms with Crippen molar-refractivity contribution in [2.75, 3.05) is 32.5 Å². The third kappa shape index (κ3) is 5.70. The van der Waals surface area contributed by atoms with Crippen LogP contribution in [0.15, 0.2) is 54.6 Å². The van der Waals surface area contributed by atoms with E-state index in [1.165, 1.54) is 5.56 Å². The molecule has 0 saturated heterocycles. The molecule has 2 aromatic rings. The molecule has 1 N–H and O–H groups in total. The van der Waals surface area contributed by atoms with Gasteiger partial charge in [0.05, 0.1) is 0 Å². The Morgan fingerprint density at radius 1 is 0.917 bits per heavy atom. The summed E-state index contributed by atoms with van der Waals surface area (Å²) < 4.78 is 0. The Kier molecular flexibility index (Phi) is 6.82. The molecule has 24 heavy (non-hydrogen) atoms. The summed E-state index contributed by atoms with van der Waals surface area (Å²) in [7, 11) is 4.03. The Bertz CT molecular complexity index is 623. The number of nitrogens with zero attached hydrogens (tertiary/aromatic N) is 2. The molecule has 0 aliphatic heterocycles. The number of anilines is 1. The Labute approximate surface area is 145 Å². The lowest BCUT2D eigenvalue weighted by molar-refractivity contribution is 0.202. The SMILES string of the molecule is CCc1ccc(NC(=O)N(CCN(C)C)Cc2ccccc2)cc1. The quantitative estimate of drug-likeness (QED) is 0.839. The van der Waals surface area contributed by atoms with E-state index in [0.717, 1.165) is 24.2 Å². The van der Waals surface area contributed by atoms with E-state index in [1.54, 1.807) is 0 Å². The fourth-order valence-electron chi connectivity index (χ4n) is 2.40. The lowest BCUT2D eigenvalue weighted by atomic mass is 10.1. The number of nitrogens with one attached hydrogen (secondary N) is 1. The second-order valence-corrected chi connectivity index (χ2v) is 6.19. The van der Waals surface area contributed by atoms with Crippen LogP contribution in [0, 0.1) is 0 Å². The molecule has 4 heteroatoms.